The van der Waals surface area contributed by atoms with Crippen LogP contribution in [-0.4, -0.2) is 9.78 Å². The summed E-state index contributed by atoms with van der Waals surface area (Å²) in [5, 5.41) is 7.80. The van der Waals surface area contributed by atoms with Crippen molar-refractivity contribution in [2.45, 2.75) is 33.4 Å². The van der Waals surface area contributed by atoms with Gasteiger partial charge in [0.15, 0.2) is 0 Å². The Bertz CT molecular complexity index is 532. The molecule has 0 radical (unpaired) electrons. The third kappa shape index (κ3) is 3.13. The summed E-state index contributed by atoms with van der Waals surface area (Å²) >= 11 is 3.51. The van der Waals surface area contributed by atoms with Crippen molar-refractivity contribution >= 4 is 21.7 Å². The van der Waals surface area contributed by atoms with Crippen molar-refractivity contribution in [3.63, 3.8) is 0 Å². The lowest BCUT2D eigenvalue weighted by Crippen LogP contribution is -2.04. The zero-order chi connectivity index (χ0) is 13.1. The highest BCUT2D eigenvalue weighted by molar-refractivity contribution is 9.10. The molecular weight excluding hydrogens is 290 g/mol. The lowest BCUT2D eigenvalue weighted by atomic mass is 10.1. The molecule has 0 spiro atoms. The number of aromatic nitrogens is 2. The normalized spacial score (nSPS) is 10.9. The van der Waals surface area contributed by atoms with Gasteiger partial charge < -0.3 is 5.32 Å². The highest BCUT2D eigenvalue weighted by Gasteiger charge is 2.02. The quantitative estimate of drug-likeness (QED) is 0.919. The summed E-state index contributed by atoms with van der Waals surface area (Å²) in [6, 6.07) is 8.78. The van der Waals surface area contributed by atoms with Crippen LogP contribution in [0.2, 0.25) is 0 Å². The van der Waals surface area contributed by atoms with Crippen LogP contribution >= 0.6 is 15.9 Å². The van der Waals surface area contributed by atoms with Crippen molar-refractivity contribution in [3.8, 4) is 0 Å². The second kappa shape index (κ2) is 5.57. The van der Waals surface area contributed by atoms with Crippen molar-refractivity contribution in [2.75, 3.05) is 5.32 Å². The first kappa shape index (κ1) is 13.1. The van der Waals surface area contributed by atoms with Crippen LogP contribution < -0.4 is 5.32 Å². The van der Waals surface area contributed by atoms with E-state index < -0.39 is 0 Å². The zero-order valence-electron chi connectivity index (χ0n) is 10.9. The molecule has 1 heterocycles. The van der Waals surface area contributed by atoms with Crippen LogP contribution in [0.15, 0.2) is 34.9 Å². The fraction of sp³-hybridized carbons (Fsp3) is 0.357. The molecule has 0 aliphatic rings. The van der Waals surface area contributed by atoms with Crippen LogP contribution in [0.1, 0.15) is 31.0 Å². The second-order valence-corrected chi connectivity index (χ2v) is 5.57. The van der Waals surface area contributed by atoms with E-state index in [-0.39, 0.29) is 0 Å². The lowest BCUT2D eigenvalue weighted by Gasteiger charge is -2.07. The van der Waals surface area contributed by atoms with Crippen LogP contribution in [0.5, 0.6) is 0 Å². The first-order chi connectivity index (χ1) is 8.56. The number of halogens is 1. The Balaban J connectivity index is 2.00. The molecule has 3 nitrogen and oxygen atoms in total. The van der Waals surface area contributed by atoms with Crippen LogP contribution in [0.3, 0.4) is 0 Å². The average Bonchev–Trinajstić information content (AvgIpc) is 2.79. The predicted octanol–water partition coefficient (Wildman–Crippen LogP) is 4.15. The maximum atomic E-state index is 4.46. The number of nitrogens with one attached hydrogen (secondary N) is 1. The molecule has 1 aromatic carbocycles. The molecule has 1 N–H and O–H groups in total. The Kier molecular flexibility index (Phi) is 4.07. The summed E-state index contributed by atoms with van der Waals surface area (Å²) in [5.74, 6) is 0.921. The highest BCUT2D eigenvalue weighted by atomic mass is 79.9. The smallest absolute Gasteiger partial charge is 0.148 e. The van der Waals surface area contributed by atoms with Crippen LogP contribution in [0.4, 0.5) is 5.82 Å². The van der Waals surface area contributed by atoms with Gasteiger partial charge in [0, 0.05) is 29.3 Å². The van der Waals surface area contributed by atoms with Gasteiger partial charge in [0.25, 0.3) is 0 Å². The van der Waals surface area contributed by atoms with Gasteiger partial charge in [-0.2, -0.15) is 5.10 Å². The molecule has 2 aromatic rings. The maximum Gasteiger partial charge on any atom is 0.148 e. The van der Waals surface area contributed by atoms with Crippen molar-refractivity contribution in [1.29, 1.82) is 0 Å². The van der Waals surface area contributed by atoms with E-state index in [0.29, 0.717) is 6.04 Å². The Morgan fingerprint density at radius 3 is 2.72 bits per heavy atom. The summed E-state index contributed by atoms with van der Waals surface area (Å²) in [4.78, 5) is 0. The molecule has 0 bridgehead atoms. The van der Waals surface area contributed by atoms with E-state index in [1.807, 2.05) is 16.9 Å². The fourth-order valence-electron chi connectivity index (χ4n) is 1.73. The zero-order valence-corrected chi connectivity index (χ0v) is 12.5. The van der Waals surface area contributed by atoms with Crippen LogP contribution in [0, 0.1) is 6.92 Å². The van der Waals surface area contributed by atoms with E-state index in [1.54, 1.807) is 0 Å². The third-order valence-corrected chi connectivity index (χ3v) is 3.72. The molecule has 18 heavy (non-hydrogen) atoms. The monoisotopic (exact) mass is 307 g/mol. The number of benzene rings is 1. The van der Waals surface area contributed by atoms with Crippen molar-refractivity contribution in [2.24, 2.45) is 0 Å². The molecule has 0 atom stereocenters. The number of anilines is 1. The van der Waals surface area contributed by atoms with E-state index in [1.165, 1.54) is 11.1 Å². The summed E-state index contributed by atoms with van der Waals surface area (Å²) in [7, 11) is 0. The molecule has 0 saturated heterocycles. The molecule has 0 amide bonds. The molecule has 0 aliphatic heterocycles. The Morgan fingerprint density at radius 2 is 2.11 bits per heavy atom. The number of rotatable bonds is 4. The molecule has 1 aromatic heterocycles. The van der Waals surface area contributed by atoms with E-state index >= 15 is 0 Å². The third-order valence-electron chi connectivity index (χ3n) is 2.83. The molecular formula is C14H18BrN3. The maximum absolute atomic E-state index is 4.46. The van der Waals surface area contributed by atoms with Gasteiger partial charge in [-0.3, -0.25) is 4.68 Å². The largest absolute Gasteiger partial charge is 0.365 e. The van der Waals surface area contributed by atoms with Crippen LogP contribution in [0.25, 0.3) is 0 Å². The van der Waals surface area contributed by atoms with Crippen molar-refractivity contribution < 1.29 is 0 Å². The van der Waals surface area contributed by atoms with E-state index in [9.17, 15) is 0 Å². The standard InChI is InChI=1S/C14H18BrN3/c1-10(2)18-7-6-14(17-18)16-9-12-4-5-13(15)11(3)8-12/h4-8,10H,9H2,1-3H3,(H,16,17). The summed E-state index contributed by atoms with van der Waals surface area (Å²) in [6.07, 6.45) is 2.00. The van der Waals surface area contributed by atoms with Gasteiger partial charge in [-0.1, -0.05) is 28.1 Å². The molecule has 2 rings (SSSR count). The van der Waals surface area contributed by atoms with E-state index in [0.717, 1.165) is 16.8 Å². The Hall–Kier alpha value is -1.29. The van der Waals surface area contributed by atoms with Crippen molar-refractivity contribution in [1.82, 2.24) is 9.78 Å². The second-order valence-electron chi connectivity index (χ2n) is 4.71. The van der Waals surface area contributed by atoms with E-state index in [4.69, 9.17) is 0 Å². The minimum absolute atomic E-state index is 0.399. The first-order valence-electron chi connectivity index (χ1n) is 6.10. The summed E-state index contributed by atoms with van der Waals surface area (Å²) in [6.45, 7) is 7.13. The Labute approximate surface area is 116 Å². The highest BCUT2D eigenvalue weighted by Crippen LogP contribution is 2.18. The molecule has 4 heteroatoms. The van der Waals surface area contributed by atoms with Gasteiger partial charge in [-0.05, 0) is 38.0 Å². The minimum Gasteiger partial charge on any atom is -0.365 e. The van der Waals surface area contributed by atoms with Gasteiger partial charge >= 0.3 is 0 Å². The van der Waals surface area contributed by atoms with Crippen molar-refractivity contribution in [3.05, 3.63) is 46.1 Å². The minimum atomic E-state index is 0.399. The van der Waals surface area contributed by atoms with Gasteiger partial charge in [0.1, 0.15) is 5.82 Å². The predicted molar refractivity (Wildman–Crippen MR) is 78.8 cm³/mol. The lowest BCUT2D eigenvalue weighted by molar-refractivity contribution is 0.534. The number of aryl methyl sites for hydroxylation is 1. The molecule has 0 fully saturated rings. The molecule has 0 unspecified atom stereocenters. The molecule has 0 saturated carbocycles. The summed E-state index contributed by atoms with van der Waals surface area (Å²) < 4.78 is 3.10. The average molecular weight is 308 g/mol. The van der Waals surface area contributed by atoms with Gasteiger partial charge in [-0.15, -0.1) is 0 Å². The number of hydrogen-bond donors (Lipinski definition) is 1. The number of hydrogen-bond acceptors (Lipinski definition) is 2. The van der Waals surface area contributed by atoms with Crippen LogP contribution in [-0.2, 0) is 6.54 Å². The summed E-state index contributed by atoms with van der Waals surface area (Å²) in [5.41, 5.74) is 2.51. The van der Waals surface area contributed by atoms with Gasteiger partial charge in [0.05, 0.1) is 0 Å². The first-order valence-corrected chi connectivity index (χ1v) is 6.89. The SMILES string of the molecule is Cc1cc(CNc2ccn(C(C)C)n2)ccc1Br. The van der Waals surface area contributed by atoms with E-state index in [2.05, 4.69) is 65.3 Å². The fourth-order valence-corrected chi connectivity index (χ4v) is 1.98. The van der Waals surface area contributed by atoms with Gasteiger partial charge in [-0.25, -0.2) is 0 Å². The molecule has 96 valence electrons. The molecule has 0 aliphatic carbocycles. The topological polar surface area (TPSA) is 29.9 Å². The van der Waals surface area contributed by atoms with Gasteiger partial charge in [0.2, 0.25) is 0 Å². The number of nitrogens with zero attached hydrogens (tertiary/aromatic N) is 2. The Morgan fingerprint density at radius 1 is 1.33 bits per heavy atom.